The van der Waals surface area contributed by atoms with Crippen molar-refractivity contribution in [3.8, 4) is 5.75 Å². The zero-order chi connectivity index (χ0) is 21.8. The highest BCUT2D eigenvalue weighted by atomic mass is 19.2. The van der Waals surface area contributed by atoms with Crippen LogP contribution in [0.2, 0.25) is 0 Å². The van der Waals surface area contributed by atoms with Crippen molar-refractivity contribution in [2.75, 3.05) is 0 Å². The van der Waals surface area contributed by atoms with Gasteiger partial charge in [-0.1, -0.05) is 26.2 Å². The Kier molecular flexibility index (Phi) is 7.66. The number of carbonyl (C=O) groups is 1. The molecule has 0 bridgehead atoms. The molecule has 3 aliphatic carbocycles. The summed E-state index contributed by atoms with van der Waals surface area (Å²) in [6.07, 6.45) is 16.6. The number of carbonyl (C=O) groups excluding carboxylic acids is 1. The van der Waals surface area contributed by atoms with Gasteiger partial charge in [0.05, 0.1) is 5.92 Å². The molecule has 3 aliphatic rings. The summed E-state index contributed by atoms with van der Waals surface area (Å²) in [5.41, 5.74) is 0. The molecule has 0 N–H and O–H groups in total. The quantitative estimate of drug-likeness (QED) is 0.340. The van der Waals surface area contributed by atoms with Gasteiger partial charge in [0.2, 0.25) is 0 Å². The van der Waals surface area contributed by atoms with Gasteiger partial charge in [-0.25, -0.2) is 8.78 Å². The van der Waals surface area contributed by atoms with Crippen LogP contribution in [0.25, 0.3) is 0 Å². The van der Waals surface area contributed by atoms with Crippen LogP contribution in [0, 0.1) is 47.1 Å². The molecule has 1 aromatic rings. The lowest BCUT2D eigenvalue weighted by Crippen LogP contribution is -2.31. The lowest BCUT2D eigenvalue weighted by molar-refractivity contribution is -0.140. The number of rotatable bonds is 6. The molecule has 2 nitrogen and oxygen atoms in total. The van der Waals surface area contributed by atoms with E-state index >= 15 is 0 Å². The molecule has 0 aliphatic heterocycles. The molecular formula is C27H38F2O2. The molecule has 4 rings (SSSR count). The zero-order valence-corrected chi connectivity index (χ0v) is 19.0. The first-order chi connectivity index (χ1) is 15.0. The predicted molar refractivity (Wildman–Crippen MR) is 119 cm³/mol. The van der Waals surface area contributed by atoms with E-state index in [9.17, 15) is 13.6 Å². The molecule has 4 heteroatoms. The summed E-state index contributed by atoms with van der Waals surface area (Å²) in [4.78, 5) is 12.5. The lowest BCUT2D eigenvalue weighted by atomic mass is 9.67. The molecule has 3 fully saturated rings. The summed E-state index contributed by atoms with van der Waals surface area (Å²) >= 11 is 0. The van der Waals surface area contributed by atoms with Crippen LogP contribution in [0.4, 0.5) is 8.78 Å². The molecule has 3 saturated carbocycles. The minimum Gasteiger partial charge on any atom is -0.426 e. The van der Waals surface area contributed by atoms with Crippen molar-refractivity contribution >= 4 is 5.97 Å². The summed E-state index contributed by atoms with van der Waals surface area (Å²) in [7, 11) is 0. The average molecular weight is 433 g/mol. The van der Waals surface area contributed by atoms with Crippen LogP contribution in [0.3, 0.4) is 0 Å². The smallest absolute Gasteiger partial charge is 0.314 e. The largest absolute Gasteiger partial charge is 0.426 e. The van der Waals surface area contributed by atoms with E-state index in [1.165, 1.54) is 63.9 Å². The van der Waals surface area contributed by atoms with Gasteiger partial charge in [-0.15, -0.1) is 0 Å². The van der Waals surface area contributed by atoms with Crippen molar-refractivity contribution in [2.24, 2.45) is 35.5 Å². The van der Waals surface area contributed by atoms with Gasteiger partial charge in [0.25, 0.3) is 0 Å². The summed E-state index contributed by atoms with van der Waals surface area (Å²) in [6, 6.07) is 3.27. The van der Waals surface area contributed by atoms with E-state index in [1.54, 1.807) is 0 Å². The fourth-order valence-corrected chi connectivity index (χ4v) is 6.87. The number of ether oxygens (including phenoxy) is 1. The SMILES string of the molecule is CCCC1CCC(C2CCC(C3CCC(C(=O)Oc4ccc(F)c(F)c4)CC3)CC2)C1. The van der Waals surface area contributed by atoms with E-state index < -0.39 is 11.6 Å². The molecule has 0 aromatic heterocycles. The van der Waals surface area contributed by atoms with E-state index in [0.717, 1.165) is 67.4 Å². The highest BCUT2D eigenvalue weighted by Gasteiger charge is 2.37. The van der Waals surface area contributed by atoms with Gasteiger partial charge < -0.3 is 4.74 Å². The minimum atomic E-state index is -0.983. The molecular weight excluding hydrogens is 394 g/mol. The minimum absolute atomic E-state index is 0.0948. The average Bonchev–Trinajstić information content (AvgIpc) is 3.25. The number of halogens is 2. The summed E-state index contributed by atoms with van der Waals surface area (Å²) in [5, 5.41) is 0. The van der Waals surface area contributed by atoms with Gasteiger partial charge in [-0.3, -0.25) is 4.79 Å². The Morgan fingerprint density at radius 2 is 1.42 bits per heavy atom. The molecule has 0 radical (unpaired) electrons. The Labute approximate surface area is 186 Å². The molecule has 0 saturated heterocycles. The van der Waals surface area contributed by atoms with Gasteiger partial charge in [-0.2, -0.15) is 0 Å². The Morgan fingerprint density at radius 3 is 2.03 bits per heavy atom. The predicted octanol–water partition coefficient (Wildman–Crippen LogP) is 7.70. The van der Waals surface area contributed by atoms with Crippen LogP contribution in [0.15, 0.2) is 18.2 Å². The number of benzene rings is 1. The van der Waals surface area contributed by atoms with Crippen molar-refractivity contribution in [1.82, 2.24) is 0 Å². The summed E-state index contributed by atoms with van der Waals surface area (Å²) in [6.45, 7) is 2.32. The molecule has 0 heterocycles. The zero-order valence-electron chi connectivity index (χ0n) is 19.0. The first kappa shape index (κ1) is 22.7. The van der Waals surface area contributed by atoms with Gasteiger partial charge in [0, 0.05) is 6.07 Å². The second kappa shape index (κ2) is 10.4. The number of hydrogen-bond donors (Lipinski definition) is 0. The van der Waals surface area contributed by atoms with E-state index in [0.29, 0.717) is 0 Å². The van der Waals surface area contributed by atoms with Crippen molar-refractivity contribution in [2.45, 2.75) is 90.4 Å². The third-order valence-corrected chi connectivity index (χ3v) is 8.64. The number of esters is 1. The molecule has 2 unspecified atom stereocenters. The van der Waals surface area contributed by atoms with E-state index in [2.05, 4.69) is 6.92 Å². The fourth-order valence-electron chi connectivity index (χ4n) is 6.87. The van der Waals surface area contributed by atoms with Crippen molar-refractivity contribution < 1.29 is 18.3 Å². The maximum Gasteiger partial charge on any atom is 0.314 e. The Bertz CT molecular complexity index is 733. The van der Waals surface area contributed by atoms with Crippen LogP contribution < -0.4 is 4.74 Å². The van der Waals surface area contributed by atoms with Gasteiger partial charge in [0.15, 0.2) is 11.6 Å². The Balaban J connectivity index is 1.19. The molecule has 31 heavy (non-hydrogen) atoms. The van der Waals surface area contributed by atoms with Crippen LogP contribution >= 0.6 is 0 Å². The fraction of sp³-hybridized carbons (Fsp3) is 0.741. The maximum atomic E-state index is 13.3. The Hall–Kier alpha value is -1.45. The normalized spacial score (nSPS) is 33.9. The third kappa shape index (κ3) is 5.68. The van der Waals surface area contributed by atoms with Gasteiger partial charge in [0.1, 0.15) is 5.75 Å². The van der Waals surface area contributed by atoms with Crippen molar-refractivity contribution in [3.63, 3.8) is 0 Å². The number of hydrogen-bond acceptors (Lipinski definition) is 2. The highest BCUT2D eigenvalue weighted by molar-refractivity contribution is 5.75. The summed E-state index contributed by atoms with van der Waals surface area (Å²) < 4.78 is 31.7. The second-order valence-electron chi connectivity index (χ2n) is 10.5. The molecule has 0 amide bonds. The molecule has 0 spiro atoms. The van der Waals surface area contributed by atoms with E-state index in [4.69, 9.17) is 4.74 Å². The van der Waals surface area contributed by atoms with E-state index in [-0.39, 0.29) is 17.6 Å². The molecule has 1 aromatic carbocycles. The molecule has 172 valence electrons. The van der Waals surface area contributed by atoms with E-state index in [1.807, 2.05) is 0 Å². The Morgan fingerprint density at radius 1 is 0.839 bits per heavy atom. The van der Waals surface area contributed by atoms with Gasteiger partial charge in [-0.05, 0) is 106 Å². The third-order valence-electron chi connectivity index (χ3n) is 8.64. The highest BCUT2D eigenvalue weighted by Crippen LogP contribution is 2.47. The van der Waals surface area contributed by atoms with Crippen molar-refractivity contribution in [3.05, 3.63) is 29.8 Å². The topological polar surface area (TPSA) is 26.3 Å². The van der Waals surface area contributed by atoms with Crippen LogP contribution in [0.1, 0.15) is 90.4 Å². The van der Waals surface area contributed by atoms with Crippen molar-refractivity contribution in [1.29, 1.82) is 0 Å². The van der Waals surface area contributed by atoms with Crippen LogP contribution in [-0.4, -0.2) is 5.97 Å². The van der Waals surface area contributed by atoms with Crippen LogP contribution in [-0.2, 0) is 4.79 Å². The standard InChI is InChI=1S/C27H38F2O2/c1-2-3-18-4-5-23(16-18)21-8-6-19(7-9-21)20-10-12-22(13-11-20)27(30)31-24-14-15-25(28)26(29)17-24/h14-15,17-23H,2-13,16H2,1H3. The lowest BCUT2D eigenvalue weighted by Gasteiger charge is -2.39. The second-order valence-corrected chi connectivity index (χ2v) is 10.5. The molecule has 2 atom stereocenters. The summed E-state index contributed by atoms with van der Waals surface area (Å²) in [5.74, 6) is 2.28. The maximum absolute atomic E-state index is 13.3. The first-order valence-electron chi connectivity index (χ1n) is 12.7. The van der Waals surface area contributed by atoms with Crippen LogP contribution in [0.5, 0.6) is 5.75 Å². The van der Waals surface area contributed by atoms with Gasteiger partial charge >= 0.3 is 5.97 Å². The monoisotopic (exact) mass is 432 g/mol. The first-order valence-corrected chi connectivity index (χ1v) is 12.7.